The summed E-state index contributed by atoms with van der Waals surface area (Å²) in [6.45, 7) is 2.28. The van der Waals surface area contributed by atoms with E-state index in [-0.39, 0.29) is 11.6 Å². The van der Waals surface area contributed by atoms with Crippen LogP contribution in [-0.2, 0) is 0 Å². The second kappa shape index (κ2) is 8.30. The van der Waals surface area contributed by atoms with Gasteiger partial charge in [-0.25, -0.2) is 4.98 Å². The van der Waals surface area contributed by atoms with Crippen molar-refractivity contribution in [3.05, 3.63) is 48.4 Å². The number of halogens is 2. The highest BCUT2D eigenvalue weighted by Crippen LogP contribution is 2.40. The Morgan fingerprint density at radius 1 is 1.33 bits per heavy atom. The van der Waals surface area contributed by atoms with Crippen LogP contribution in [0.2, 0.25) is 0 Å². The number of hydrogen-bond acceptors (Lipinski definition) is 6. The average molecular weight is 514 g/mol. The topological polar surface area (TPSA) is 79.0 Å². The number of fused-ring (bicyclic) bond motifs is 2. The van der Waals surface area contributed by atoms with Crippen LogP contribution in [0, 0.1) is 0 Å². The summed E-state index contributed by atoms with van der Waals surface area (Å²) in [5, 5.41) is 8.68. The number of aromatic amines is 1. The van der Waals surface area contributed by atoms with Crippen LogP contribution in [0.25, 0.3) is 10.2 Å². The summed E-state index contributed by atoms with van der Waals surface area (Å²) in [5.41, 5.74) is 1.81. The second-order valence-corrected chi connectivity index (χ2v) is 8.97. The molecule has 4 rings (SSSR count). The van der Waals surface area contributed by atoms with Gasteiger partial charge in [0.15, 0.2) is 0 Å². The number of benzene rings is 1. The van der Waals surface area contributed by atoms with Crippen LogP contribution in [0.3, 0.4) is 0 Å². The summed E-state index contributed by atoms with van der Waals surface area (Å²) < 4.78 is 8.47. The maximum absolute atomic E-state index is 12.0. The van der Waals surface area contributed by atoms with Crippen LogP contribution in [0.15, 0.2) is 37.3 Å². The zero-order chi connectivity index (χ0) is 18.8. The lowest BCUT2D eigenvalue weighted by Crippen LogP contribution is -2.29. The monoisotopic (exact) mass is 512 g/mol. The lowest BCUT2D eigenvalue weighted by Gasteiger charge is -2.28. The molecule has 0 fully saturated rings. The molecule has 3 heterocycles. The molecule has 0 saturated heterocycles. The SMILES string of the molecule is O=c1[nH]c(NCCCNC2CCOc3c(Br)cc(Br)cc32)nc2ccsc12. The fraction of sp³-hybridized carbons (Fsp3) is 0.333. The summed E-state index contributed by atoms with van der Waals surface area (Å²) in [6, 6.07) is 6.24. The minimum absolute atomic E-state index is 0.0920. The summed E-state index contributed by atoms with van der Waals surface area (Å²) >= 11 is 8.53. The molecule has 1 unspecified atom stereocenters. The summed E-state index contributed by atoms with van der Waals surface area (Å²) in [7, 11) is 0. The molecule has 0 saturated carbocycles. The Kier molecular flexibility index (Phi) is 5.82. The summed E-state index contributed by atoms with van der Waals surface area (Å²) in [5.74, 6) is 1.45. The van der Waals surface area contributed by atoms with E-state index in [4.69, 9.17) is 4.74 Å². The summed E-state index contributed by atoms with van der Waals surface area (Å²) in [6.07, 6.45) is 1.85. The van der Waals surface area contributed by atoms with Gasteiger partial charge in [0.25, 0.3) is 5.56 Å². The molecule has 9 heteroatoms. The molecule has 2 aromatic heterocycles. The van der Waals surface area contributed by atoms with Crippen molar-refractivity contribution < 1.29 is 4.74 Å². The van der Waals surface area contributed by atoms with Crippen molar-refractivity contribution in [1.82, 2.24) is 15.3 Å². The molecular weight excluding hydrogens is 496 g/mol. The van der Waals surface area contributed by atoms with Crippen molar-refractivity contribution >= 4 is 59.4 Å². The molecule has 0 radical (unpaired) electrons. The third-order valence-electron chi connectivity index (χ3n) is 4.42. The molecule has 1 aliphatic rings. The molecule has 0 bridgehead atoms. The maximum atomic E-state index is 12.0. The van der Waals surface area contributed by atoms with Gasteiger partial charge in [0.1, 0.15) is 10.4 Å². The molecule has 142 valence electrons. The Bertz CT molecular complexity index is 1020. The molecule has 1 aromatic carbocycles. The highest BCUT2D eigenvalue weighted by atomic mass is 79.9. The van der Waals surface area contributed by atoms with Crippen molar-refractivity contribution in [2.75, 3.05) is 25.0 Å². The lowest BCUT2D eigenvalue weighted by molar-refractivity contribution is 0.251. The average Bonchev–Trinajstić information content (AvgIpc) is 3.11. The predicted octanol–water partition coefficient (Wildman–Crippen LogP) is 4.43. The van der Waals surface area contributed by atoms with E-state index in [0.717, 1.165) is 46.1 Å². The number of anilines is 1. The number of ether oxygens (including phenoxy) is 1. The smallest absolute Gasteiger partial charge is 0.270 e. The van der Waals surface area contributed by atoms with E-state index in [1.807, 2.05) is 17.5 Å². The second-order valence-electron chi connectivity index (χ2n) is 6.28. The third-order valence-corrected chi connectivity index (χ3v) is 6.37. The normalized spacial score (nSPS) is 16.1. The quantitative estimate of drug-likeness (QED) is 0.425. The Hall–Kier alpha value is -1.42. The van der Waals surface area contributed by atoms with Gasteiger partial charge in [-0.05, 0) is 52.5 Å². The van der Waals surface area contributed by atoms with Gasteiger partial charge < -0.3 is 15.4 Å². The fourth-order valence-electron chi connectivity index (χ4n) is 3.17. The van der Waals surface area contributed by atoms with Gasteiger partial charge in [-0.1, -0.05) is 15.9 Å². The highest BCUT2D eigenvalue weighted by Gasteiger charge is 2.23. The van der Waals surface area contributed by atoms with E-state index in [1.54, 1.807) is 0 Å². The first-order chi connectivity index (χ1) is 13.1. The number of H-pyrrole nitrogens is 1. The van der Waals surface area contributed by atoms with Crippen molar-refractivity contribution in [1.29, 1.82) is 0 Å². The highest BCUT2D eigenvalue weighted by molar-refractivity contribution is 9.11. The molecule has 27 heavy (non-hydrogen) atoms. The van der Waals surface area contributed by atoms with Gasteiger partial charge >= 0.3 is 0 Å². The van der Waals surface area contributed by atoms with Crippen LogP contribution in [0.5, 0.6) is 5.75 Å². The van der Waals surface area contributed by atoms with E-state index in [2.05, 4.69) is 58.5 Å². The number of thiophene rings is 1. The lowest BCUT2D eigenvalue weighted by atomic mass is 10.0. The Morgan fingerprint density at radius 3 is 3.11 bits per heavy atom. The first-order valence-corrected chi connectivity index (χ1v) is 11.1. The van der Waals surface area contributed by atoms with Crippen molar-refractivity contribution in [3.8, 4) is 5.75 Å². The number of rotatable bonds is 6. The van der Waals surface area contributed by atoms with E-state index in [9.17, 15) is 4.79 Å². The number of nitrogens with zero attached hydrogens (tertiary/aromatic N) is 1. The van der Waals surface area contributed by atoms with Gasteiger partial charge in [0.05, 0.1) is 16.6 Å². The number of aromatic nitrogens is 2. The largest absolute Gasteiger partial charge is 0.492 e. The third kappa shape index (κ3) is 4.21. The molecule has 6 nitrogen and oxygen atoms in total. The molecule has 3 N–H and O–H groups in total. The van der Waals surface area contributed by atoms with Crippen LogP contribution in [-0.4, -0.2) is 29.7 Å². The van der Waals surface area contributed by atoms with Crippen LogP contribution in [0.1, 0.15) is 24.4 Å². The van der Waals surface area contributed by atoms with Crippen LogP contribution >= 0.6 is 43.2 Å². The van der Waals surface area contributed by atoms with Gasteiger partial charge in [0, 0.05) is 29.0 Å². The van der Waals surface area contributed by atoms with E-state index in [0.29, 0.717) is 17.3 Å². The molecule has 1 atom stereocenters. The Labute approximate surface area is 177 Å². The first-order valence-electron chi connectivity index (χ1n) is 8.68. The fourth-order valence-corrected chi connectivity index (χ4v) is 5.26. The Balaban J connectivity index is 1.31. The Morgan fingerprint density at radius 2 is 2.22 bits per heavy atom. The van der Waals surface area contributed by atoms with Gasteiger partial charge in [-0.2, -0.15) is 0 Å². The molecule has 0 amide bonds. The van der Waals surface area contributed by atoms with Crippen molar-refractivity contribution in [2.24, 2.45) is 0 Å². The van der Waals surface area contributed by atoms with Gasteiger partial charge in [0.2, 0.25) is 5.95 Å². The van der Waals surface area contributed by atoms with E-state index in [1.165, 1.54) is 16.9 Å². The van der Waals surface area contributed by atoms with Crippen LogP contribution in [0.4, 0.5) is 5.95 Å². The predicted molar refractivity (Wildman–Crippen MR) is 116 cm³/mol. The zero-order valence-corrected chi connectivity index (χ0v) is 18.3. The van der Waals surface area contributed by atoms with E-state index >= 15 is 0 Å². The first kappa shape index (κ1) is 18.9. The van der Waals surface area contributed by atoms with Gasteiger partial charge in [-0.15, -0.1) is 11.3 Å². The molecule has 0 spiro atoms. The van der Waals surface area contributed by atoms with E-state index < -0.39 is 0 Å². The molecular formula is C18H18Br2N4O2S. The van der Waals surface area contributed by atoms with Crippen molar-refractivity contribution in [2.45, 2.75) is 18.9 Å². The number of hydrogen-bond donors (Lipinski definition) is 3. The minimum Gasteiger partial charge on any atom is -0.492 e. The van der Waals surface area contributed by atoms with Crippen LogP contribution < -0.4 is 20.9 Å². The van der Waals surface area contributed by atoms with Crippen molar-refractivity contribution in [3.63, 3.8) is 0 Å². The summed E-state index contributed by atoms with van der Waals surface area (Å²) in [4.78, 5) is 19.2. The van der Waals surface area contributed by atoms with Gasteiger partial charge in [-0.3, -0.25) is 9.78 Å². The maximum Gasteiger partial charge on any atom is 0.270 e. The number of nitrogens with one attached hydrogen (secondary N) is 3. The standard InChI is InChI=1S/C18H18Br2N4O2S/c19-10-8-11-13(2-6-26-15(11)12(20)9-10)21-4-1-5-22-18-23-14-3-7-27-16(14)17(25)24-18/h3,7-9,13,21H,1-2,4-6H2,(H2,22,23,24,25). The molecule has 1 aliphatic heterocycles. The molecule has 3 aromatic rings. The minimum atomic E-state index is -0.0920. The molecule has 0 aliphatic carbocycles. The zero-order valence-electron chi connectivity index (χ0n) is 14.4.